The summed E-state index contributed by atoms with van der Waals surface area (Å²) in [6, 6.07) is 9.12. The standard InChI is InChI=1S/C12H11N3O2/c13-5-6-14-11(16)7-9-8-3-1-2-4-10(8)15-12(9)17/h1-4,9H,6-7H2,(H,14,16)(H,15,17). The third-order valence-corrected chi connectivity index (χ3v) is 2.66. The topological polar surface area (TPSA) is 82.0 Å². The molecule has 0 fully saturated rings. The monoisotopic (exact) mass is 229 g/mol. The van der Waals surface area contributed by atoms with Gasteiger partial charge in [0.05, 0.1) is 12.0 Å². The van der Waals surface area contributed by atoms with E-state index in [1.54, 1.807) is 6.07 Å². The molecule has 0 aromatic heterocycles. The lowest BCUT2D eigenvalue weighted by Crippen LogP contribution is -2.27. The maximum atomic E-state index is 11.7. The molecule has 0 aliphatic carbocycles. The lowest BCUT2D eigenvalue weighted by molar-refractivity contribution is -0.125. The van der Waals surface area contributed by atoms with Crippen LogP contribution in [0.15, 0.2) is 24.3 Å². The summed E-state index contributed by atoms with van der Waals surface area (Å²) in [5, 5.41) is 13.5. The Hall–Kier alpha value is -2.35. The van der Waals surface area contributed by atoms with Crippen molar-refractivity contribution in [3.05, 3.63) is 29.8 Å². The highest BCUT2D eigenvalue weighted by atomic mass is 16.2. The SMILES string of the molecule is N#CCNC(=O)CC1C(=O)Nc2ccccc21. The van der Waals surface area contributed by atoms with E-state index < -0.39 is 5.92 Å². The number of carbonyl (C=O) groups is 2. The van der Waals surface area contributed by atoms with Crippen molar-refractivity contribution in [1.29, 1.82) is 5.26 Å². The summed E-state index contributed by atoms with van der Waals surface area (Å²) >= 11 is 0. The second kappa shape index (κ2) is 4.66. The van der Waals surface area contributed by atoms with Gasteiger partial charge >= 0.3 is 0 Å². The van der Waals surface area contributed by atoms with Gasteiger partial charge in [0.15, 0.2) is 0 Å². The number of benzene rings is 1. The Morgan fingerprint density at radius 3 is 3.00 bits per heavy atom. The predicted octanol–water partition coefficient (Wildman–Crippen LogP) is 0.752. The summed E-state index contributed by atoms with van der Waals surface area (Å²) in [7, 11) is 0. The second-order valence-electron chi connectivity index (χ2n) is 3.77. The quantitative estimate of drug-likeness (QED) is 0.750. The Morgan fingerprint density at radius 2 is 2.24 bits per heavy atom. The van der Waals surface area contributed by atoms with E-state index >= 15 is 0 Å². The van der Waals surface area contributed by atoms with Gasteiger partial charge in [-0.1, -0.05) is 18.2 Å². The van der Waals surface area contributed by atoms with Gasteiger partial charge in [0.25, 0.3) is 0 Å². The van der Waals surface area contributed by atoms with Crippen LogP contribution in [0.1, 0.15) is 17.9 Å². The molecule has 1 aliphatic rings. The van der Waals surface area contributed by atoms with Gasteiger partial charge in [0.1, 0.15) is 6.54 Å². The minimum absolute atomic E-state index is 0.0329. The highest BCUT2D eigenvalue weighted by Crippen LogP contribution is 2.34. The third kappa shape index (κ3) is 2.26. The fourth-order valence-electron chi connectivity index (χ4n) is 1.87. The van der Waals surface area contributed by atoms with Crippen LogP contribution in [0.5, 0.6) is 0 Å². The van der Waals surface area contributed by atoms with Crippen molar-refractivity contribution in [3.8, 4) is 6.07 Å². The number of para-hydroxylation sites is 1. The molecular weight excluding hydrogens is 218 g/mol. The minimum Gasteiger partial charge on any atom is -0.343 e. The summed E-state index contributed by atoms with van der Waals surface area (Å²) < 4.78 is 0. The van der Waals surface area contributed by atoms with Crippen LogP contribution in [0.4, 0.5) is 5.69 Å². The second-order valence-corrected chi connectivity index (χ2v) is 3.77. The summed E-state index contributed by atoms with van der Waals surface area (Å²) in [4.78, 5) is 23.2. The molecule has 0 radical (unpaired) electrons. The van der Waals surface area contributed by atoms with Crippen molar-refractivity contribution in [2.45, 2.75) is 12.3 Å². The molecule has 17 heavy (non-hydrogen) atoms. The maximum absolute atomic E-state index is 11.7. The average molecular weight is 229 g/mol. The molecule has 1 heterocycles. The highest BCUT2D eigenvalue weighted by molar-refractivity contribution is 6.04. The van der Waals surface area contributed by atoms with Crippen LogP contribution < -0.4 is 10.6 Å². The van der Waals surface area contributed by atoms with Gasteiger partial charge in [-0.2, -0.15) is 5.26 Å². The molecule has 0 spiro atoms. The molecule has 1 aromatic rings. The molecule has 1 atom stereocenters. The first-order valence-electron chi connectivity index (χ1n) is 5.26. The van der Waals surface area contributed by atoms with E-state index in [1.165, 1.54) is 0 Å². The number of amides is 2. The Morgan fingerprint density at radius 1 is 1.47 bits per heavy atom. The van der Waals surface area contributed by atoms with Crippen molar-refractivity contribution in [1.82, 2.24) is 5.32 Å². The molecule has 0 bridgehead atoms. The maximum Gasteiger partial charge on any atom is 0.232 e. The van der Waals surface area contributed by atoms with Crippen LogP contribution in [-0.4, -0.2) is 18.4 Å². The van der Waals surface area contributed by atoms with E-state index in [-0.39, 0.29) is 24.8 Å². The number of hydrogen-bond donors (Lipinski definition) is 2. The summed E-state index contributed by atoms with van der Waals surface area (Å²) in [6.07, 6.45) is 0.0739. The van der Waals surface area contributed by atoms with Crippen LogP contribution >= 0.6 is 0 Å². The Bertz CT molecular complexity index is 505. The zero-order valence-corrected chi connectivity index (χ0v) is 9.06. The first-order valence-corrected chi connectivity index (χ1v) is 5.26. The number of carbonyl (C=O) groups excluding carboxylic acids is 2. The van der Waals surface area contributed by atoms with Crippen LogP contribution in [0.3, 0.4) is 0 Å². The number of nitrogens with zero attached hydrogens (tertiary/aromatic N) is 1. The molecule has 0 saturated heterocycles. The third-order valence-electron chi connectivity index (χ3n) is 2.66. The van der Waals surface area contributed by atoms with Gasteiger partial charge in [0, 0.05) is 12.1 Å². The number of nitrogens with one attached hydrogen (secondary N) is 2. The number of hydrogen-bond acceptors (Lipinski definition) is 3. The van der Waals surface area contributed by atoms with Crippen LogP contribution in [0.2, 0.25) is 0 Å². The van der Waals surface area contributed by atoms with Crippen molar-refractivity contribution < 1.29 is 9.59 Å². The molecule has 1 aromatic carbocycles. The van der Waals surface area contributed by atoms with E-state index in [2.05, 4.69) is 10.6 Å². The highest BCUT2D eigenvalue weighted by Gasteiger charge is 2.31. The largest absolute Gasteiger partial charge is 0.343 e. The van der Waals surface area contributed by atoms with Gasteiger partial charge in [-0.25, -0.2) is 0 Å². The van der Waals surface area contributed by atoms with E-state index in [4.69, 9.17) is 5.26 Å². The fourth-order valence-corrected chi connectivity index (χ4v) is 1.87. The van der Waals surface area contributed by atoms with E-state index in [9.17, 15) is 9.59 Å². The lowest BCUT2D eigenvalue weighted by atomic mass is 9.97. The molecule has 2 rings (SSSR count). The van der Waals surface area contributed by atoms with Crippen LogP contribution in [-0.2, 0) is 9.59 Å². The van der Waals surface area contributed by atoms with Crippen molar-refractivity contribution in [3.63, 3.8) is 0 Å². The van der Waals surface area contributed by atoms with Gasteiger partial charge in [-0.05, 0) is 11.6 Å². The molecule has 2 N–H and O–H groups in total. The van der Waals surface area contributed by atoms with Gasteiger partial charge in [0.2, 0.25) is 11.8 Å². The first kappa shape index (κ1) is 11.1. The van der Waals surface area contributed by atoms with Crippen molar-refractivity contribution in [2.24, 2.45) is 0 Å². The molecule has 5 nitrogen and oxygen atoms in total. The van der Waals surface area contributed by atoms with E-state index in [0.717, 1.165) is 11.3 Å². The smallest absolute Gasteiger partial charge is 0.232 e. The minimum atomic E-state index is -0.454. The van der Waals surface area contributed by atoms with E-state index in [1.807, 2.05) is 24.3 Å². The van der Waals surface area contributed by atoms with Crippen LogP contribution in [0.25, 0.3) is 0 Å². The Kier molecular flexibility index (Phi) is 3.06. The summed E-state index contributed by atoms with van der Waals surface area (Å²) in [5.74, 6) is -0.911. The first-order chi connectivity index (χ1) is 8.22. The zero-order valence-electron chi connectivity index (χ0n) is 9.06. The lowest BCUT2D eigenvalue weighted by Gasteiger charge is -2.07. The zero-order chi connectivity index (χ0) is 12.3. The van der Waals surface area contributed by atoms with Gasteiger partial charge < -0.3 is 10.6 Å². The molecule has 1 unspecified atom stereocenters. The number of rotatable bonds is 3. The van der Waals surface area contributed by atoms with Gasteiger partial charge in [-0.3, -0.25) is 9.59 Å². The van der Waals surface area contributed by atoms with Crippen molar-refractivity contribution >= 4 is 17.5 Å². The summed E-state index contributed by atoms with van der Waals surface area (Å²) in [6.45, 7) is -0.0329. The number of nitriles is 1. The van der Waals surface area contributed by atoms with Gasteiger partial charge in [-0.15, -0.1) is 0 Å². The Labute approximate surface area is 98.4 Å². The molecular formula is C12H11N3O2. The van der Waals surface area contributed by atoms with E-state index in [0.29, 0.717) is 0 Å². The number of fused-ring (bicyclic) bond motifs is 1. The predicted molar refractivity (Wildman–Crippen MR) is 61.1 cm³/mol. The molecule has 5 heteroatoms. The normalized spacial score (nSPS) is 16.9. The van der Waals surface area contributed by atoms with Crippen molar-refractivity contribution in [2.75, 3.05) is 11.9 Å². The van der Waals surface area contributed by atoms with Crippen LogP contribution in [0, 0.1) is 11.3 Å². The number of anilines is 1. The molecule has 86 valence electrons. The molecule has 1 aliphatic heterocycles. The molecule has 2 amide bonds. The fraction of sp³-hybridized carbons (Fsp3) is 0.250. The Balaban J connectivity index is 2.10. The summed E-state index contributed by atoms with van der Waals surface area (Å²) in [5.41, 5.74) is 1.60. The average Bonchev–Trinajstić information content (AvgIpc) is 2.64. The molecule has 0 saturated carbocycles.